The van der Waals surface area contributed by atoms with Crippen LogP contribution in [0.3, 0.4) is 0 Å². The van der Waals surface area contributed by atoms with E-state index in [1.807, 2.05) is 6.07 Å². The fourth-order valence-corrected chi connectivity index (χ4v) is 3.46. The first-order chi connectivity index (χ1) is 10.2. The van der Waals surface area contributed by atoms with Gasteiger partial charge in [0, 0.05) is 0 Å². The molecule has 1 aromatic carbocycles. The van der Waals surface area contributed by atoms with Crippen molar-refractivity contribution in [1.29, 1.82) is 0 Å². The monoisotopic (exact) mass is 292 g/mol. The molecule has 21 heavy (non-hydrogen) atoms. The molecule has 4 nitrogen and oxygen atoms in total. The second-order valence-corrected chi connectivity index (χ2v) is 6.66. The summed E-state index contributed by atoms with van der Waals surface area (Å²) in [5.41, 5.74) is 2.89. The van der Waals surface area contributed by atoms with E-state index < -0.39 is 0 Å². The zero-order chi connectivity index (χ0) is 14.7. The van der Waals surface area contributed by atoms with Gasteiger partial charge in [-0.15, -0.1) is 0 Å². The van der Waals surface area contributed by atoms with Crippen molar-refractivity contribution in [2.24, 2.45) is 0 Å². The fraction of sp³-hybridized carbons (Fsp3) is 0.647. The molecule has 0 unspecified atom stereocenters. The van der Waals surface area contributed by atoms with Gasteiger partial charge in [0.05, 0.1) is 7.05 Å². The predicted octanol–water partition coefficient (Wildman–Crippen LogP) is -1.67. The van der Waals surface area contributed by atoms with E-state index in [4.69, 9.17) is 4.74 Å². The molecule has 116 valence electrons. The van der Waals surface area contributed by atoms with Crippen LogP contribution in [0.15, 0.2) is 18.2 Å². The van der Waals surface area contributed by atoms with Crippen molar-refractivity contribution in [3.63, 3.8) is 0 Å². The number of rotatable bonds is 5. The molecular weight excluding hydrogens is 264 g/mol. The molecule has 0 spiro atoms. The Morgan fingerprint density at radius 1 is 1.14 bits per heavy atom. The number of hydrogen-bond donors (Lipinski definition) is 3. The third kappa shape index (κ3) is 3.96. The van der Waals surface area contributed by atoms with Crippen molar-refractivity contribution >= 4 is 0 Å². The molecule has 3 N–H and O–H groups in total. The van der Waals surface area contributed by atoms with Gasteiger partial charge in [0.1, 0.15) is 51.2 Å². The lowest BCUT2D eigenvalue weighted by molar-refractivity contribution is -1.00. The zero-order valence-electron chi connectivity index (χ0n) is 13.0. The Morgan fingerprint density at radius 3 is 2.71 bits per heavy atom. The molecule has 0 amide bonds. The van der Waals surface area contributed by atoms with Crippen LogP contribution in [0.1, 0.15) is 17.5 Å². The molecule has 1 heterocycles. The van der Waals surface area contributed by atoms with E-state index in [1.54, 1.807) is 4.90 Å². The standard InChI is InChI=1S/C17H26N2O2/c1-18-7-9-19(10-8-18)12-16(20)13-21-17-6-5-14-3-2-4-15(14)11-17/h5-6,11,16,20H,2-4,7-10,12-13H2,1H3/p+2/t16-/m0/s1. The summed E-state index contributed by atoms with van der Waals surface area (Å²) in [7, 11) is 2.24. The van der Waals surface area contributed by atoms with Crippen LogP contribution >= 0.6 is 0 Å². The molecule has 2 aliphatic rings. The molecule has 4 heteroatoms. The highest BCUT2D eigenvalue weighted by molar-refractivity contribution is 5.38. The maximum absolute atomic E-state index is 10.2. The summed E-state index contributed by atoms with van der Waals surface area (Å²) in [6.45, 7) is 5.92. The molecule has 1 aliphatic heterocycles. The Morgan fingerprint density at radius 2 is 1.90 bits per heavy atom. The summed E-state index contributed by atoms with van der Waals surface area (Å²) in [5.74, 6) is 0.910. The van der Waals surface area contributed by atoms with Crippen molar-refractivity contribution in [2.45, 2.75) is 25.4 Å². The van der Waals surface area contributed by atoms with Crippen LogP contribution in [0.25, 0.3) is 0 Å². The second-order valence-electron chi connectivity index (χ2n) is 6.66. The number of aliphatic hydroxyl groups excluding tert-OH is 1. The average molecular weight is 292 g/mol. The minimum Gasteiger partial charge on any atom is -0.491 e. The Hall–Kier alpha value is -1.10. The van der Waals surface area contributed by atoms with Gasteiger partial charge in [-0.25, -0.2) is 0 Å². The number of fused-ring (bicyclic) bond motifs is 1. The lowest BCUT2D eigenvalue weighted by Crippen LogP contribution is -3.27. The molecular formula is C17H28N2O2+2. The highest BCUT2D eigenvalue weighted by Gasteiger charge is 2.22. The first kappa shape index (κ1) is 14.8. The Bertz CT molecular complexity index is 470. The van der Waals surface area contributed by atoms with Crippen molar-refractivity contribution in [2.75, 3.05) is 46.4 Å². The van der Waals surface area contributed by atoms with Crippen molar-refractivity contribution < 1.29 is 19.6 Å². The quantitative estimate of drug-likeness (QED) is 0.607. The van der Waals surface area contributed by atoms with Crippen LogP contribution in [-0.4, -0.2) is 57.6 Å². The van der Waals surface area contributed by atoms with Gasteiger partial charge >= 0.3 is 0 Å². The molecule has 0 aromatic heterocycles. The molecule has 0 radical (unpaired) electrons. The van der Waals surface area contributed by atoms with Gasteiger partial charge in [0.15, 0.2) is 0 Å². The van der Waals surface area contributed by atoms with E-state index >= 15 is 0 Å². The first-order valence-corrected chi connectivity index (χ1v) is 8.28. The van der Waals surface area contributed by atoms with Gasteiger partial charge in [-0.2, -0.15) is 0 Å². The largest absolute Gasteiger partial charge is 0.491 e. The highest BCUT2D eigenvalue weighted by Crippen LogP contribution is 2.25. The maximum atomic E-state index is 10.2. The minimum atomic E-state index is -0.369. The summed E-state index contributed by atoms with van der Waals surface area (Å²) < 4.78 is 5.79. The zero-order valence-corrected chi connectivity index (χ0v) is 13.0. The van der Waals surface area contributed by atoms with Crippen LogP contribution in [-0.2, 0) is 12.8 Å². The maximum Gasteiger partial charge on any atom is 0.137 e. The molecule has 0 saturated carbocycles. The van der Waals surface area contributed by atoms with Gasteiger partial charge in [0.2, 0.25) is 0 Å². The van der Waals surface area contributed by atoms with Crippen LogP contribution < -0.4 is 14.5 Å². The van der Waals surface area contributed by atoms with Crippen LogP contribution in [0.4, 0.5) is 0 Å². The normalized spacial score (nSPS) is 26.4. The topological polar surface area (TPSA) is 38.3 Å². The van der Waals surface area contributed by atoms with Crippen LogP contribution in [0, 0.1) is 0 Å². The average Bonchev–Trinajstić information content (AvgIpc) is 2.95. The molecule has 1 saturated heterocycles. The SMILES string of the molecule is C[NH+]1CC[NH+](C[C@H](O)COc2ccc3c(c2)CCC3)CC1. The molecule has 1 fully saturated rings. The third-order valence-corrected chi connectivity index (χ3v) is 4.85. The Labute approximate surface area is 127 Å². The van der Waals surface area contributed by atoms with Gasteiger partial charge in [-0.05, 0) is 42.5 Å². The lowest BCUT2D eigenvalue weighted by Gasteiger charge is -2.28. The second kappa shape index (κ2) is 6.77. The van der Waals surface area contributed by atoms with E-state index in [2.05, 4.69) is 19.2 Å². The van der Waals surface area contributed by atoms with Gasteiger partial charge in [-0.3, -0.25) is 0 Å². The summed E-state index contributed by atoms with van der Waals surface area (Å²) >= 11 is 0. The molecule has 1 aliphatic carbocycles. The Kier molecular flexibility index (Phi) is 4.78. The molecule has 3 rings (SSSR count). The molecule has 1 aromatic rings. The van der Waals surface area contributed by atoms with E-state index in [0.29, 0.717) is 6.61 Å². The van der Waals surface area contributed by atoms with Crippen molar-refractivity contribution in [1.82, 2.24) is 0 Å². The van der Waals surface area contributed by atoms with Crippen LogP contribution in [0.5, 0.6) is 5.75 Å². The number of benzene rings is 1. The highest BCUT2D eigenvalue weighted by atomic mass is 16.5. The number of ether oxygens (including phenoxy) is 1. The number of piperazine rings is 1. The van der Waals surface area contributed by atoms with Gasteiger partial charge in [-0.1, -0.05) is 6.07 Å². The number of likely N-dealkylation sites (N-methyl/N-ethyl adjacent to an activating group) is 1. The fourth-order valence-electron chi connectivity index (χ4n) is 3.46. The summed E-state index contributed by atoms with van der Waals surface area (Å²) in [6.07, 6.45) is 3.26. The lowest BCUT2D eigenvalue weighted by atomic mass is 10.1. The number of quaternary nitrogens is 2. The van der Waals surface area contributed by atoms with Crippen molar-refractivity contribution in [3.05, 3.63) is 29.3 Å². The Balaban J connectivity index is 1.44. The molecule has 0 bridgehead atoms. The number of nitrogens with one attached hydrogen (secondary N) is 2. The number of hydrogen-bond acceptors (Lipinski definition) is 2. The number of aryl methyl sites for hydroxylation is 2. The van der Waals surface area contributed by atoms with Gasteiger partial charge < -0.3 is 19.6 Å². The summed E-state index contributed by atoms with van der Waals surface area (Å²) in [6, 6.07) is 6.38. The van der Waals surface area contributed by atoms with E-state index in [1.165, 1.54) is 48.4 Å². The minimum absolute atomic E-state index is 0.369. The van der Waals surface area contributed by atoms with Gasteiger partial charge in [0.25, 0.3) is 0 Å². The first-order valence-electron chi connectivity index (χ1n) is 8.28. The summed E-state index contributed by atoms with van der Waals surface area (Å²) in [5, 5.41) is 10.2. The predicted molar refractivity (Wildman–Crippen MR) is 82.2 cm³/mol. The molecule has 1 atom stereocenters. The van der Waals surface area contributed by atoms with E-state index in [0.717, 1.165) is 25.4 Å². The van der Waals surface area contributed by atoms with E-state index in [-0.39, 0.29) is 6.10 Å². The van der Waals surface area contributed by atoms with E-state index in [9.17, 15) is 5.11 Å². The van der Waals surface area contributed by atoms with Crippen molar-refractivity contribution in [3.8, 4) is 5.75 Å². The third-order valence-electron chi connectivity index (χ3n) is 4.85. The van der Waals surface area contributed by atoms with Crippen LogP contribution in [0.2, 0.25) is 0 Å². The summed E-state index contributed by atoms with van der Waals surface area (Å²) in [4.78, 5) is 3.10. The smallest absolute Gasteiger partial charge is 0.137 e. The number of aliphatic hydroxyl groups is 1.